The maximum absolute atomic E-state index is 13.1. The normalized spacial score (nSPS) is 45.1. The van der Waals surface area contributed by atoms with Crippen LogP contribution in [0.5, 0.6) is 0 Å². The Labute approximate surface area is 232 Å². The maximum atomic E-state index is 13.1. The molecular weight excluding hydrogens is 496 g/mol. The van der Waals surface area contributed by atoms with Crippen LogP contribution in [0.4, 0.5) is 0 Å². The third kappa shape index (κ3) is 4.55. The largest absolute Gasteiger partial charge is 0.489 e. The Morgan fingerprint density at radius 2 is 2.08 bits per heavy atom. The van der Waals surface area contributed by atoms with E-state index >= 15 is 0 Å². The van der Waals surface area contributed by atoms with Crippen molar-refractivity contribution < 1.29 is 34.0 Å². The Hall–Kier alpha value is -2.19. The van der Waals surface area contributed by atoms with Crippen molar-refractivity contribution in [2.45, 2.75) is 95.6 Å². The van der Waals surface area contributed by atoms with Gasteiger partial charge in [0.1, 0.15) is 35.8 Å². The lowest BCUT2D eigenvalue weighted by molar-refractivity contribution is -0.167. The van der Waals surface area contributed by atoms with Crippen molar-refractivity contribution in [3.63, 3.8) is 0 Å². The number of rotatable bonds is 6. The third-order valence-electron chi connectivity index (χ3n) is 9.88. The predicted molar refractivity (Wildman–Crippen MR) is 147 cm³/mol. The van der Waals surface area contributed by atoms with Crippen molar-refractivity contribution in [2.24, 2.45) is 29.6 Å². The van der Waals surface area contributed by atoms with Crippen LogP contribution in [0, 0.1) is 29.6 Å². The minimum atomic E-state index is -0.809. The Balaban J connectivity index is 1.58. The summed E-state index contributed by atoms with van der Waals surface area (Å²) in [4.78, 5) is 13.1. The van der Waals surface area contributed by atoms with Gasteiger partial charge >= 0.3 is 5.97 Å². The molecule has 5 aliphatic rings. The zero-order valence-corrected chi connectivity index (χ0v) is 23.8. The molecule has 3 aliphatic carbocycles. The van der Waals surface area contributed by atoms with E-state index in [4.69, 9.17) is 18.9 Å². The van der Waals surface area contributed by atoms with Crippen LogP contribution in [0.25, 0.3) is 0 Å². The zero-order chi connectivity index (χ0) is 28.1. The monoisotopic (exact) mass is 540 g/mol. The summed E-state index contributed by atoms with van der Waals surface area (Å²) >= 11 is 0. The molecule has 1 saturated carbocycles. The molecule has 0 aromatic heterocycles. The van der Waals surface area contributed by atoms with Crippen molar-refractivity contribution in [3.05, 3.63) is 59.9 Å². The summed E-state index contributed by atoms with van der Waals surface area (Å²) in [5.74, 6) is -0.653. The summed E-state index contributed by atoms with van der Waals surface area (Å²) in [6.45, 7) is 12.3. The van der Waals surface area contributed by atoms with Gasteiger partial charge in [0.05, 0.1) is 12.2 Å². The number of hydrogen-bond acceptors (Lipinski definition) is 7. The molecule has 2 N–H and O–H groups in total. The molecule has 0 aromatic carbocycles. The van der Waals surface area contributed by atoms with Crippen molar-refractivity contribution >= 4 is 5.97 Å². The Bertz CT molecular complexity index is 1090. The summed E-state index contributed by atoms with van der Waals surface area (Å²) in [6.07, 6.45) is 11.1. The van der Waals surface area contributed by atoms with Crippen LogP contribution in [-0.4, -0.2) is 65.5 Å². The number of carbonyl (C=O) groups excluding carboxylic acids is 1. The average molecular weight is 541 g/mol. The topological polar surface area (TPSA) is 94.5 Å². The van der Waals surface area contributed by atoms with Crippen LogP contribution in [-0.2, 0) is 23.7 Å². The molecule has 2 aliphatic heterocycles. The second-order valence-electron chi connectivity index (χ2n) is 11.9. The minimum absolute atomic E-state index is 0.0911. The molecule has 4 bridgehead atoms. The molecule has 12 atom stereocenters. The van der Waals surface area contributed by atoms with Gasteiger partial charge in [0.2, 0.25) is 0 Å². The van der Waals surface area contributed by atoms with E-state index in [9.17, 15) is 15.0 Å². The molecule has 2 heterocycles. The van der Waals surface area contributed by atoms with Gasteiger partial charge in [0, 0.05) is 42.3 Å². The highest BCUT2D eigenvalue weighted by atomic mass is 16.6. The highest BCUT2D eigenvalue weighted by Crippen LogP contribution is 2.61. The van der Waals surface area contributed by atoms with E-state index in [1.54, 1.807) is 13.2 Å². The third-order valence-corrected chi connectivity index (χ3v) is 9.88. The molecule has 0 amide bonds. The smallest absolute Gasteiger partial charge is 0.334 e. The Morgan fingerprint density at radius 1 is 1.31 bits per heavy atom. The van der Waals surface area contributed by atoms with Gasteiger partial charge in [-0.05, 0) is 38.2 Å². The fraction of sp³-hybridized carbons (Fsp3) is 0.656. The van der Waals surface area contributed by atoms with Gasteiger partial charge in [-0.15, -0.1) is 0 Å². The maximum Gasteiger partial charge on any atom is 0.334 e. The van der Waals surface area contributed by atoms with Gasteiger partial charge in [-0.3, -0.25) is 0 Å². The van der Waals surface area contributed by atoms with Crippen LogP contribution in [0.1, 0.15) is 53.4 Å². The molecular formula is C32H44O7. The molecule has 7 nitrogen and oxygen atoms in total. The number of esters is 1. The number of allylic oxidation sites excluding steroid dienone is 3. The van der Waals surface area contributed by atoms with E-state index in [1.807, 2.05) is 32.9 Å². The summed E-state index contributed by atoms with van der Waals surface area (Å²) in [6, 6.07) is 0. The lowest BCUT2D eigenvalue weighted by atomic mass is 9.57. The van der Waals surface area contributed by atoms with Crippen LogP contribution < -0.4 is 0 Å². The minimum Gasteiger partial charge on any atom is -0.489 e. The van der Waals surface area contributed by atoms with E-state index in [2.05, 4.69) is 31.7 Å². The van der Waals surface area contributed by atoms with Crippen molar-refractivity contribution in [3.8, 4) is 0 Å². The van der Waals surface area contributed by atoms with Crippen LogP contribution in [0.2, 0.25) is 0 Å². The standard InChI is InChI=1S/C32H44O7/c1-7-22-27(34)26-23-14-13-21-16-25(36-6)19(5)37-28(24(33)8-2)17(3)15-18(4)32(21,26)39-30(23)29(22)38-31(35)20-11-9-10-12-20/h9-11,13-15,17,21-30,33-34H,5,7-8,12,16H2,1-4,6H3/b18-15+/t17-,21-,22-,23?,24?,25-,26?,27?,28?,29-,30-,32+/m1/s1. The Morgan fingerprint density at radius 3 is 2.72 bits per heavy atom. The lowest BCUT2D eigenvalue weighted by Gasteiger charge is -2.49. The zero-order valence-electron chi connectivity index (χ0n) is 23.8. The number of aliphatic hydroxyl groups is 2. The summed E-state index contributed by atoms with van der Waals surface area (Å²) in [5, 5.41) is 22.8. The van der Waals surface area contributed by atoms with E-state index in [0.29, 0.717) is 37.0 Å². The number of aliphatic hydroxyl groups excluding tert-OH is 2. The Kier molecular flexibility index (Phi) is 7.99. The van der Waals surface area contributed by atoms with E-state index in [0.717, 1.165) is 5.57 Å². The van der Waals surface area contributed by atoms with Gasteiger partial charge in [0.15, 0.2) is 0 Å². The van der Waals surface area contributed by atoms with Crippen LogP contribution in [0.15, 0.2) is 59.9 Å². The highest BCUT2D eigenvalue weighted by Gasteiger charge is 2.69. The van der Waals surface area contributed by atoms with E-state index in [1.165, 1.54) is 0 Å². The first kappa shape index (κ1) is 28.3. The van der Waals surface area contributed by atoms with Gasteiger partial charge in [-0.1, -0.05) is 63.8 Å². The number of ether oxygens (including phenoxy) is 4. The van der Waals surface area contributed by atoms with Crippen LogP contribution >= 0.6 is 0 Å². The second kappa shape index (κ2) is 11.0. The molecule has 0 radical (unpaired) electrons. The fourth-order valence-corrected chi connectivity index (χ4v) is 7.87. The molecule has 1 saturated heterocycles. The van der Waals surface area contributed by atoms with Crippen molar-refractivity contribution in [1.29, 1.82) is 0 Å². The average Bonchev–Trinajstić information content (AvgIpc) is 3.52. The molecule has 5 rings (SSSR count). The first-order valence-electron chi connectivity index (χ1n) is 14.5. The quantitative estimate of drug-likeness (QED) is 0.381. The molecule has 7 heteroatoms. The van der Waals surface area contributed by atoms with E-state index in [-0.39, 0.29) is 41.7 Å². The molecule has 1 spiro atoms. The summed E-state index contributed by atoms with van der Waals surface area (Å²) < 4.78 is 25.4. The predicted octanol–water partition coefficient (Wildman–Crippen LogP) is 4.41. The highest BCUT2D eigenvalue weighted by molar-refractivity contribution is 5.90. The lowest BCUT2D eigenvalue weighted by Crippen LogP contribution is -2.57. The SMILES string of the molecule is C=C1OC(C(O)CC)[C@H](C)/C=C(\C)[C@]23O[C@@H]4C(C=C[C@@H]2C[C@H]1OC)C3C(O)[C@@H](CC)[C@H]4OC(=O)C1=CC=CC1. The molecule has 214 valence electrons. The molecule has 5 unspecified atom stereocenters. The molecule has 39 heavy (non-hydrogen) atoms. The van der Waals surface area contributed by atoms with Crippen molar-refractivity contribution in [1.82, 2.24) is 0 Å². The number of hydrogen-bond donors (Lipinski definition) is 2. The molecule has 2 fully saturated rings. The first-order valence-corrected chi connectivity index (χ1v) is 14.5. The molecule has 0 aromatic rings. The fourth-order valence-electron chi connectivity index (χ4n) is 7.87. The number of methoxy groups -OCH3 is 1. The summed E-state index contributed by atoms with van der Waals surface area (Å²) in [5.41, 5.74) is 0.820. The first-order chi connectivity index (χ1) is 18.7. The van der Waals surface area contributed by atoms with E-state index < -0.39 is 36.1 Å². The summed E-state index contributed by atoms with van der Waals surface area (Å²) in [7, 11) is 1.64. The van der Waals surface area contributed by atoms with Gasteiger partial charge in [-0.25, -0.2) is 4.79 Å². The van der Waals surface area contributed by atoms with Gasteiger partial charge in [-0.2, -0.15) is 0 Å². The van der Waals surface area contributed by atoms with Crippen molar-refractivity contribution in [2.75, 3.05) is 7.11 Å². The second-order valence-corrected chi connectivity index (χ2v) is 11.9. The van der Waals surface area contributed by atoms with Crippen LogP contribution in [0.3, 0.4) is 0 Å². The van der Waals surface area contributed by atoms with Gasteiger partial charge in [0.25, 0.3) is 0 Å². The van der Waals surface area contributed by atoms with Gasteiger partial charge < -0.3 is 29.2 Å². The number of carbonyl (C=O) groups is 1.